The number of hydrogen-bond acceptors (Lipinski definition) is 5. The van der Waals surface area contributed by atoms with Crippen molar-refractivity contribution in [1.82, 2.24) is 4.98 Å². The van der Waals surface area contributed by atoms with Gasteiger partial charge in [-0.25, -0.2) is 9.37 Å². The Labute approximate surface area is 156 Å². The molecule has 27 heavy (non-hydrogen) atoms. The summed E-state index contributed by atoms with van der Waals surface area (Å²) in [6.45, 7) is 1.36. The monoisotopic (exact) mass is 404 g/mol. The molecule has 0 aliphatic carbocycles. The summed E-state index contributed by atoms with van der Waals surface area (Å²) in [5, 5.41) is 11.0. The fraction of sp³-hybridized carbons (Fsp3) is 0.312. The second-order valence-corrected chi connectivity index (χ2v) is 6.30. The van der Waals surface area contributed by atoms with Gasteiger partial charge in [-0.3, -0.25) is 10.1 Å². The van der Waals surface area contributed by atoms with Gasteiger partial charge in [-0.15, -0.1) is 0 Å². The van der Waals surface area contributed by atoms with Gasteiger partial charge in [0.2, 0.25) is 0 Å². The van der Waals surface area contributed by atoms with Crippen LogP contribution in [0.4, 0.5) is 34.8 Å². The van der Waals surface area contributed by atoms with Crippen LogP contribution in [-0.4, -0.2) is 36.1 Å². The number of rotatable bonds is 3. The molecule has 1 aliphatic rings. The van der Waals surface area contributed by atoms with Gasteiger partial charge in [-0.05, 0) is 18.2 Å². The summed E-state index contributed by atoms with van der Waals surface area (Å²) in [6.07, 6.45) is -3.81. The van der Waals surface area contributed by atoms with Crippen molar-refractivity contribution in [3.63, 3.8) is 0 Å². The number of nitro benzene ring substituents is 1. The average molecular weight is 405 g/mol. The van der Waals surface area contributed by atoms with Gasteiger partial charge in [0.25, 0.3) is 5.69 Å². The van der Waals surface area contributed by atoms with Crippen molar-refractivity contribution < 1.29 is 22.5 Å². The predicted octanol–water partition coefficient (Wildman–Crippen LogP) is 4.13. The molecule has 0 spiro atoms. The molecular formula is C16H13ClF4N4O2. The zero-order chi connectivity index (χ0) is 19.8. The van der Waals surface area contributed by atoms with Crippen LogP contribution in [0.25, 0.3) is 0 Å². The van der Waals surface area contributed by atoms with E-state index in [-0.39, 0.29) is 22.2 Å². The lowest BCUT2D eigenvalue weighted by Gasteiger charge is -2.36. The molecular weight excluding hydrogens is 392 g/mol. The maximum Gasteiger partial charge on any atom is 0.417 e. The Morgan fingerprint density at radius 2 is 1.74 bits per heavy atom. The molecule has 0 N–H and O–H groups in total. The summed E-state index contributed by atoms with van der Waals surface area (Å²) in [5.74, 6) is -0.484. The third-order valence-corrected chi connectivity index (χ3v) is 4.48. The largest absolute Gasteiger partial charge is 0.417 e. The highest BCUT2D eigenvalue weighted by Crippen LogP contribution is 2.35. The second kappa shape index (κ2) is 7.18. The number of anilines is 2. The van der Waals surface area contributed by atoms with Gasteiger partial charge < -0.3 is 9.80 Å². The van der Waals surface area contributed by atoms with Crippen LogP contribution in [0.1, 0.15) is 5.56 Å². The first-order chi connectivity index (χ1) is 12.7. The van der Waals surface area contributed by atoms with E-state index in [0.717, 1.165) is 24.4 Å². The molecule has 0 atom stereocenters. The number of piperazine rings is 1. The lowest BCUT2D eigenvalue weighted by molar-refractivity contribution is -0.384. The number of pyridine rings is 1. The van der Waals surface area contributed by atoms with Crippen LogP contribution in [0.15, 0.2) is 30.5 Å². The summed E-state index contributed by atoms with van der Waals surface area (Å²) >= 11 is 5.96. The Morgan fingerprint density at radius 1 is 1.11 bits per heavy atom. The van der Waals surface area contributed by atoms with E-state index < -0.39 is 22.5 Å². The highest BCUT2D eigenvalue weighted by Gasteiger charge is 2.32. The lowest BCUT2D eigenvalue weighted by atomic mass is 10.2. The molecule has 2 aromatic rings. The molecule has 1 aromatic carbocycles. The quantitative estimate of drug-likeness (QED) is 0.437. The number of halogens is 5. The standard InChI is InChI=1S/C16H13ClF4N4O2/c17-12-7-10(16(19,20)21)9-22-15(12)24-5-3-23(4-6-24)13-2-1-11(18)8-14(13)25(26)27/h1-2,7-9H,3-6H2. The fourth-order valence-corrected chi connectivity index (χ4v) is 3.17. The van der Waals surface area contributed by atoms with E-state index in [4.69, 9.17) is 11.6 Å². The van der Waals surface area contributed by atoms with Gasteiger partial charge in [0.15, 0.2) is 0 Å². The summed E-state index contributed by atoms with van der Waals surface area (Å²) in [6, 6.07) is 4.16. The smallest absolute Gasteiger partial charge is 0.362 e. The molecule has 0 unspecified atom stereocenters. The number of nitro groups is 1. The number of hydrogen-bond donors (Lipinski definition) is 0. The summed E-state index contributed by atoms with van der Waals surface area (Å²) in [4.78, 5) is 17.7. The third-order valence-electron chi connectivity index (χ3n) is 4.20. The highest BCUT2D eigenvalue weighted by atomic mass is 35.5. The van der Waals surface area contributed by atoms with E-state index in [0.29, 0.717) is 26.2 Å². The summed E-state index contributed by atoms with van der Waals surface area (Å²) in [7, 11) is 0. The molecule has 11 heteroatoms. The van der Waals surface area contributed by atoms with Gasteiger partial charge in [-0.1, -0.05) is 11.6 Å². The molecule has 2 heterocycles. The first kappa shape index (κ1) is 19.2. The topological polar surface area (TPSA) is 62.5 Å². The zero-order valence-electron chi connectivity index (χ0n) is 13.7. The van der Waals surface area contributed by atoms with Crippen molar-refractivity contribution in [2.45, 2.75) is 6.18 Å². The SMILES string of the molecule is O=[N+]([O-])c1cc(F)ccc1N1CCN(c2ncc(C(F)(F)F)cc2Cl)CC1. The van der Waals surface area contributed by atoms with Crippen LogP contribution >= 0.6 is 11.6 Å². The molecule has 1 aliphatic heterocycles. The first-order valence-corrected chi connectivity index (χ1v) is 8.21. The van der Waals surface area contributed by atoms with Crippen molar-refractivity contribution in [2.75, 3.05) is 36.0 Å². The van der Waals surface area contributed by atoms with Crippen molar-refractivity contribution >= 4 is 28.8 Å². The Kier molecular flexibility index (Phi) is 5.09. The van der Waals surface area contributed by atoms with Gasteiger partial charge in [0, 0.05) is 32.4 Å². The first-order valence-electron chi connectivity index (χ1n) is 7.83. The number of alkyl halides is 3. The van der Waals surface area contributed by atoms with Crippen molar-refractivity contribution in [1.29, 1.82) is 0 Å². The van der Waals surface area contributed by atoms with Crippen molar-refractivity contribution in [3.8, 4) is 0 Å². The van der Waals surface area contributed by atoms with Gasteiger partial charge >= 0.3 is 6.18 Å². The highest BCUT2D eigenvalue weighted by molar-refractivity contribution is 6.33. The number of benzene rings is 1. The van der Waals surface area contributed by atoms with E-state index >= 15 is 0 Å². The Hall–Kier alpha value is -2.62. The van der Waals surface area contributed by atoms with Gasteiger partial charge in [0.1, 0.15) is 17.3 Å². The van der Waals surface area contributed by atoms with Crippen molar-refractivity contribution in [3.05, 3.63) is 57.0 Å². The van der Waals surface area contributed by atoms with E-state index in [9.17, 15) is 27.7 Å². The molecule has 1 fully saturated rings. The molecule has 1 aromatic heterocycles. The van der Waals surface area contributed by atoms with E-state index in [1.165, 1.54) is 6.07 Å². The van der Waals surface area contributed by atoms with Crippen LogP contribution in [0, 0.1) is 15.9 Å². The zero-order valence-corrected chi connectivity index (χ0v) is 14.5. The molecule has 0 amide bonds. The van der Waals surface area contributed by atoms with Crippen molar-refractivity contribution in [2.24, 2.45) is 0 Å². The van der Waals surface area contributed by atoms with Crippen LogP contribution in [-0.2, 0) is 6.18 Å². The van der Waals surface area contributed by atoms with E-state index in [1.54, 1.807) is 9.80 Å². The van der Waals surface area contributed by atoms with E-state index in [1.807, 2.05) is 0 Å². The minimum atomic E-state index is -4.53. The summed E-state index contributed by atoms with van der Waals surface area (Å²) in [5.41, 5.74) is -0.988. The van der Waals surface area contributed by atoms with Crippen LogP contribution in [0.5, 0.6) is 0 Å². The second-order valence-electron chi connectivity index (χ2n) is 5.89. The van der Waals surface area contributed by atoms with Crippen LogP contribution < -0.4 is 9.80 Å². The molecule has 1 saturated heterocycles. The van der Waals surface area contributed by atoms with E-state index in [2.05, 4.69) is 4.98 Å². The average Bonchev–Trinajstić information content (AvgIpc) is 2.61. The summed E-state index contributed by atoms with van der Waals surface area (Å²) < 4.78 is 51.4. The van der Waals surface area contributed by atoms with Gasteiger partial charge in [0.05, 0.1) is 21.6 Å². The minimum absolute atomic E-state index is 0.119. The number of aromatic nitrogens is 1. The lowest BCUT2D eigenvalue weighted by Crippen LogP contribution is -2.47. The van der Waals surface area contributed by atoms with Crippen LogP contribution in [0.3, 0.4) is 0 Å². The number of nitrogens with zero attached hydrogens (tertiary/aromatic N) is 4. The molecule has 3 rings (SSSR count). The normalized spacial score (nSPS) is 15.1. The Balaban J connectivity index is 1.76. The van der Waals surface area contributed by atoms with Crippen LogP contribution in [0.2, 0.25) is 5.02 Å². The fourth-order valence-electron chi connectivity index (χ4n) is 2.89. The Morgan fingerprint density at radius 3 is 2.30 bits per heavy atom. The third kappa shape index (κ3) is 4.05. The molecule has 0 radical (unpaired) electrons. The molecule has 0 bridgehead atoms. The predicted molar refractivity (Wildman–Crippen MR) is 91.7 cm³/mol. The Bertz CT molecular complexity index is 870. The molecule has 6 nitrogen and oxygen atoms in total. The molecule has 144 valence electrons. The maximum absolute atomic E-state index is 13.3. The minimum Gasteiger partial charge on any atom is -0.362 e. The van der Waals surface area contributed by atoms with Gasteiger partial charge in [-0.2, -0.15) is 13.2 Å². The molecule has 0 saturated carbocycles. The maximum atomic E-state index is 13.3.